The Labute approximate surface area is 114 Å². The Hall–Kier alpha value is -2.01. The number of nitrogens with one attached hydrogen (secondary N) is 1. The molecule has 0 heterocycles. The number of hydrogen-bond acceptors (Lipinski definition) is 3. The fourth-order valence-electron chi connectivity index (χ4n) is 1.59. The maximum atomic E-state index is 13.1. The van der Waals surface area contributed by atoms with Crippen LogP contribution in [0.4, 0.5) is 10.1 Å². The van der Waals surface area contributed by atoms with Gasteiger partial charge >= 0.3 is 0 Å². The molecular weight excluding hydrogens is 265 g/mol. The van der Waals surface area contributed by atoms with Crippen molar-refractivity contribution in [3.05, 3.63) is 53.8 Å². The number of carbonyl (C=O) groups is 1. The van der Waals surface area contributed by atoms with E-state index in [1.54, 1.807) is 23.9 Å². The van der Waals surface area contributed by atoms with E-state index in [1.165, 1.54) is 0 Å². The van der Waals surface area contributed by atoms with Gasteiger partial charge in [0.15, 0.2) is 0 Å². The van der Waals surface area contributed by atoms with Gasteiger partial charge in [-0.25, -0.2) is 4.39 Å². The van der Waals surface area contributed by atoms with Crippen LogP contribution in [0, 0.1) is 5.82 Å². The molecule has 2 N–H and O–H groups in total. The van der Waals surface area contributed by atoms with Gasteiger partial charge < -0.3 is 10.4 Å². The van der Waals surface area contributed by atoms with E-state index >= 15 is 0 Å². The van der Waals surface area contributed by atoms with Gasteiger partial charge in [-0.1, -0.05) is 6.07 Å². The minimum absolute atomic E-state index is 0.0884. The number of phenols is 1. The second-order valence-corrected chi connectivity index (χ2v) is 4.73. The van der Waals surface area contributed by atoms with Crippen LogP contribution in [0.15, 0.2) is 47.4 Å². The number of phenolic OH excluding ortho intramolecular Hbond substituents is 1. The maximum Gasteiger partial charge on any atom is 0.259 e. The molecule has 2 aromatic rings. The van der Waals surface area contributed by atoms with Crippen molar-refractivity contribution in [3.63, 3.8) is 0 Å². The topological polar surface area (TPSA) is 49.3 Å². The summed E-state index contributed by atoms with van der Waals surface area (Å²) >= 11 is 1.55. The van der Waals surface area contributed by atoms with Crippen molar-refractivity contribution in [1.29, 1.82) is 0 Å². The number of amides is 1. The molecule has 1 amide bonds. The van der Waals surface area contributed by atoms with Gasteiger partial charge in [0.25, 0.3) is 5.91 Å². The number of hydrogen-bond donors (Lipinski definition) is 2. The molecule has 0 aliphatic rings. The lowest BCUT2D eigenvalue weighted by molar-refractivity contribution is 0.102. The molecule has 19 heavy (non-hydrogen) atoms. The average Bonchev–Trinajstić information content (AvgIpc) is 2.41. The highest BCUT2D eigenvalue weighted by Crippen LogP contribution is 2.22. The van der Waals surface area contributed by atoms with Gasteiger partial charge in [0.1, 0.15) is 11.6 Å². The zero-order chi connectivity index (χ0) is 13.8. The molecule has 2 rings (SSSR count). The van der Waals surface area contributed by atoms with E-state index in [2.05, 4.69) is 5.32 Å². The molecule has 0 aliphatic carbocycles. The van der Waals surface area contributed by atoms with E-state index in [4.69, 9.17) is 0 Å². The first-order valence-corrected chi connectivity index (χ1v) is 6.76. The molecular formula is C14H12FNO2S. The summed E-state index contributed by atoms with van der Waals surface area (Å²) in [5, 5.41) is 12.2. The number of halogens is 1. The third kappa shape index (κ3) is 3.26. The summed E-state index contributed by atoms with van der Waals surface area (Å²) in [4.78, 5) is 12.9. The van der Waals surface area contributed by atoms with Crippen molar-refractivity contribution in [3.8, 4) is 5.75 Å². The van der Waals surface area contributed by atoms with Crippen molar-refractivity contribution >= 4 is 23.4 Å². The Morgan fingerprint density at radius 1 is 1.26 bits per heavy atom. The molecule has 98 valence electrons. The lowest BCUT2D eigenvalue weighted by atomic mass is 10.1. The van der Waals surface area contributed by atoms with Crippen molar-refractivity contribution in [2.24, 2.45) is 0 Å². The van der Waals surface area contributed by atoms with E-state index in [1.807, 2.05) is 18.4 Å². The highest BCUT2D eigenvalue weighted by atomic mass is 32.2. The first-order valence-electron chi connectivity index (χ1n) is 5.54. The number of rotatable bonds is 3. The van der Waals surface area contributed by atoms with Gasteiger partial charge in [0, 0.05) is 10.6 Å². The standard InChI is InChI=1S/C14H12FNO2S/c1-19-11-4-2-3-10(8-11)16-14(18)12-7-9(15)5-6-13(12)17/h2-8,17H,1H3,(H,16,18). The van der Waals surface area contributed by atoms with Crippen LogP contribution in [0.3, 0.4) is 0 Å². The first kappa shape index (κ1) is 13.4. The Morgan fingerprint density at radius 2 is 2.05 bits per heavy atom. The molecule has 0 bridgehead atoms. The zero-order valence-electron chi connectivity index (χ0n) is 10.2. The third-order valence-corrected chi connectivity index (χ3v) is 3.26. The summed E-state index contributed by atoms with van der Waals surface area (Å²) in [6, 6.07) is 10.5. The maximum absolute atomic E-state index is 13.1. The summed E-state index contributed by atoms with van der Waals surface area (Å²) in [5.41, 5.74) is 0.509. The van der Waals surface area contributed by atoms with Gasteiger partial charge in [-0.3, -0.25) is 4.79 Å². The minimum Gasteiger partial charge on any atom is -0.507 e. The summed E-state index contributed by atoms with van der Waals surface area (Å²) in [7, 11) is 0. The quantitative estimate of drug-likeness (QED) is 0.844. The molecule has 3 nitrogen and oxygen atoms in total. The van der Waals surface area contributed by atoms with E-state index in [9.17, 15) is 14.3 Å². The van der Waals surface area contributed by atoms with Crippen LogP contribution in [0.1, 0.15) is 10.4 Å². The van der Waals surface area contributed by atoms with Gasteiger partial charge in [-0.05, 0) is 42.7 Å². The summed E-state index contributed by atoms with van der Waals surface area (Å²) in [6.07, 6.45) is 1.93. The minimum atomic E-state index is -0.569. The SMILES string of the molecule is CSc1cccc(NC(=O)c2cc(F)ccc2O)c1. The number of aromatic hydroxyl groups is 1. The van der Waals surface area contributed by atoms with Crippen LogP contribution in [0.2, 0.25) is 0 Å². The van der Waals surface area contributed by atoms with Crippen LogP contribution < -0.4 is 5.32 Å². The van der Waals surface area contributed by atoms with E-state index in [0.29, 0.717) is 5.69 Å². The van der Waals surface area contributed by atoms with Gasteiger partial charge in [-0.15, -0.1) is 11.8 Å². The number of thioether (sulfide) groups is 1. The molecule has 0 unspecified atom stereocenters. The first-order chi connectivity index (χ1) is 9.10. The van der Waals surface area contributed by atoms with Crippen molar-refractivity contribution in [1.82, 2.24) is 0 Å². The molecule has 0 atom stereocenters. The summed E-state index contributed by atoms with van der Waals surface area (Å²) in [6.45, 7) is 0. The fraction of sp³-hybridized carbons (Fsp3) is 0.0714. The number of benzene rings is 2. The van der Waals surface area contributed by atoms with Gasteiger partial charge in [0.2, 0.25) is 0 Å². The predicted octanol–water partition coefficient (Wildman–Crippen LogP) is 3.51. The van der Waals surface area contributed by atoms with Gasteiger partial charge in [-0.2, -0.15) is 0 Å². The van der Waals surface area contributed by atoms with Crippen LogP contribution >= 0.6 is 11.8 Å². The Morgan fingerprint density at radius 3 is 2.79 bits per heavy atom. The molecule has 0 radical (unpaired) electrons. The second-order valence-electron chi connectivity index (χ2n) is 3.85. The normalized spacial score (nSPS) is 10.2. The van der Waals surface area contributed by atoms with Crippen LogP contribution in [0.25, 0.3) is 0 Å². The largest absolute Gasteiger partial charge is 0.507 e. The van der Waals surface area contributed by atoms with E-state index in [-0.39, 0.29) is 11.3 Å². The van der Waals surface area contributed by atoms with Crippen molar-refractivity contribution < 1.29 is 14.3 Å². The summed E-state index contributed by atoms with van der Waals surface area (Å²) < 4.78 is 13.1. The van der Waals surface area contributed by atoms with Crippen molar-refractivity contribution in [2.75, 3.05) is 11.6 Å². The van der Waals surface area contributed by atoms with Crippen LogP contribution in [-0.4, -0.2) is 17.3 Å². The molecule has 0 aromatic heterocycles. The summed E-state index contributed by atoms with van der Waals surface area (Å²) in [5.74, 6) is -1.36. The smallest absolute Gasteiger partial charge is 0.259 e. The second kappa shape index (κ2) is 5.75. The van der Waals surface area contributed by atoms with Crippen LogP contribution in [-0.2, 0) is 0 Å². The Bertz CT molecular complexity index is 616. The zero-order valence-corrected chi connectivity index (χ0v) is 11.0. The highest BCUT2D eigenvalue weighted by molar-refractivity contribution is 7.98. The molecule has 5 heteroatoms. The number of anilines is 1. The van der Waals surface area contributed by atoms with Crippen LogP contribution in [0.5, 0.6) is 5.75 Å². The van der Waals surface area contributed by atoms with Crippen molar-refractivity contribution in [2.45, 2.75) is 4.90 Å². The third-order valence-electron chi connectivity index (χ3n) is 2.53. The van der Waals surface area contributed by atoms with E-state index in [0.717, 1.165) is 23.1 Å². The molecule has 0 saturated heterocycles. The molecule has 0 aliphatic heterocycles. The number of carbonyl (C=O) groups excluding carboxylic acids is 1. The monoisotopic (exact) mass is 277 g/mol. The Kier molecular flexibility index (Phi) is 4.06. The van der Waals surface area contributed by atoms with Gasteiger partial charge in [0.05, 0.1) is 5.56 Å². The average molecular weight is 277 g/mol. The molecule has 0 spiro atoms. The molecule has 0 fully saturated rings. The molecule has 0 saturated carbocycles. The lowest BCUT2D eigenvalue weighted by Crippen LogP contribution is -2.12. The highest BCUT2D eigenvalue weighted by Gasteiger charge is 2.12. The van der Waals surface area contributed by atoms with E-state index < -0.39 is 11.7 Å². The predicted molar refractivity (Wildman–Crippen MR) is 74.2 cm³/mol. The molecule has 2 aromatic carbocycles. The Balaban J connectivity index is 2.23. The lowest BCUT2D eigenvalue weighted by Gasteiger charge is -2.08. The fourth-order valence-corrected chi connectivity index (χ4v) is 2.05.